The van der Waals surface area contributed by atoms with Crippen LogP contribution in [-0.4, -0.2) is 33.7 Å². The first-order chi connectivity index (χ1) is 8.78. The Morgan fingerprint density at radius 3 is 2.89 bits per heavy atom. The molecule has 0 fully saturated rings. The highest BCUT2D eigenvalue weighted by atomic mass is 32.1. The van der Waals surface area contributed by atoms with E-state index in [-0.39, 0.29) is 0 Å². The Kier molecular flexibility index (Phi) is 4.60. The molecule has 1 N–H and O–H groups in total. The van der Waals surface area contributed by atoms with Crippen LogP contribution in [0.1, 0.15) is 17.6 Å². The highest BCUT2D eigenvalue weighted by Gasteiger charge is 2.07. The molecule has 0 saturated carbocycles. The molecule has 6 heteroatoms. The predicted octanol–water partition coefficient (Wildman–Crippen LogP) is 2.00. The first-order valence-corrected chi connectivity index (χ1v) is 6.74. The summed E-state index contributed by atoms with van der Waals surface area (Å²) in [4.78, 5) is 6.49. The van der Waals surface area contributed by atoms with E-state index < -0.39 is 0 Å². The van der Waals surface area contributed by atoms with Crippen LogP contribution in [0.15, 0.2) is 24.4 Å². The van der Waals surface area contributed by atoms with Crippen molar-refractivity contribution in [1.29, 1.82) is 0 Å². The Morgan fingerprint density at radius 1 is 1.28 bits per heavy atom. The minimum atomic E-state index is 0.791. The van der Waals surface area contributed by atoms with Gasteiger partial charge >= 0.3 is 0 Å². The van der Waals surface area contributed by atoms with Crippen molar-refractivity contribution in [3.8, 4) is 0 Å². The molecule has 0 aliphatic rings. The molecule has 0 amide bonds. The summed E-state index contributed by atoms with van der Waals surface area (Å²) in [5.41, 5.74) is 1.07. The average molecular weight is 263 g/mol. The Bertz CT molecular complexity index is 470. The molecule has 0 unspecified atom stereocenters. The third-order valence-electron chi connectivity index (χ3n) is 2.36. The molecule has 96 valence electrons. The van der Waals surface area contributed by atoms with E-state index >= 15 is 0 Å². The Balaban J connectivity index is 1.88. The van der Waals surface area contributed by atoms with Crippen molar-refractivity contribution in [1.82, 2.24) is 20.1 Å². The van der Waals surface area contributed by atoms with Crippen molar-refractivity contribution in [3.05, 3.63) is 35.1 Å². The van der Waals surface area contributed by atoms with E-state index in [9.17, 15) is 0 Å². The SMILES string of the molecule is CCNc1nnc(CN(C)Cc2ccccn2)s1. The number of hydrogen-bond donors (Lipinski definition) is 1. The van der Waals surface area contributed by atoms with Crippen LogP contribution < -0.4 is 5.32 Å². The molecule has 0 bridgehead atoms. The summed E-state index contributed by atoms with van der Waals surface area (Å²) in [5, 5.41) is 13.3. The van der Waals surface area contributed by atoms with Crippen LogP contribution in [0.25, 0.3) is 0 Å². The minimum absolute atomic E-state index is 0.791. The molecule has 0 aliphatic carbocycles. The summed E-state index contributed by atoms with van der Waals surface area (Å²) < 4.78 is 0. The van der Waals surface area contributed by atoms with Crippen LogP contribution >= 0.6 is 11.3 Å². The van der Waals surface area contributed by atoms with Crippen LogP contribution in [0.3, 0.4) is 0 Å². The molecule has 0 radical (unpaired) electrons. The maximum Gasteiger partial charge on any atom is 0.205 e. The van der Waals surface area contributed by atoms with Gasteiger partial charge in [0.2, 0.25) is 5.13 Å². The number of nitrogens with one attached hydrogen (secondary N) is 1. The van der Waals surface area contributed by atoms with Gasteiger partial charge in [-0.1, -0.05) is 17.4 Å². The van der Waals surface area contributed by atoms with Gasteiger partial charge in [0.25, 0.3) is 0 Å². The lowest BCUT2D eigenvalue weighted by molar-refractivity contribution is 0.314. The highest BCUT2D eigenvalue weighted by Crippen LogP contribution is 2.16. The number of aromatic nitrogens is 3. The van der Waals surface area contributed by atoms with Crippen molar-refractivity contribution in [2.45, 2.75) is 20.0 Å². The zero-order valence-electron chi connectivity index (χ0n) is 10.6. The van der Waals surface area contributed by atoms with Gasteiger partial charge in [-0.15, -0.1) is 10.2 Å². The predicted molar refractivity (Wildman–Crippen MR) is 73.5 cm³/mol. The molecular weight excluding hydrogens is 246 g/mol. The van der Waals surface area contributed by atoms with Gasteiger partial charge in [0, 0.05) is 19.3 Å². The number of pyridine rings is 1. The van der Waals surface area contributed by atoms with E-state index in [1.54, 1.807) is 11.3 Å². The number of nitrogens with zero attached hydrogens (tertiary/aromatic N) is 4. The summed E-state index contributed by atoms with van der Waals surface area (Å²) in [7, 11) is 2.06. The molecule has 2 aromatic rings. The zero-order valence-corrected chi connectivity index (χ0v) is 11.4. The Morgan fingerprint density at radius 2 is 2.17 bits per heavy atom. The van der Waals surface area contributed by atoms with E-state index in [2.05, 4.69) is 32.4 Å². The zero-order chi connectivity index (χ0) is 12.8. The van der Waals surface area contributed by atoms with Crippen LogP contribution in [0.4, 0.5) is 5.13 Å². The molecule has 5 nitrogen and oxygen atoms in total. The van der Waals surface area contributed by atoms with Crippen molar-refractivity contribution in [2.75, 3.05) is 18.9 Å². The molecule has 0 aliphatic heterocycles. The molecule has 2 heterocycles. The second kappa shape index (κ2) is 6.42. The summed E-state index contributed by atoms with van der Waals surface area (Å²) >= 11 is 1.60. The van der Waals surface area contributed by atoms with Gasteiger partial charge < -0.3 is 5.32 Å². The fourth-order valence-electron chi connectivity index (χ4n) is 1.60. The van der Waals surface area contributed by atoms with Gasteiger partial charge in [-0.25, -0.2) is 0 Å². The van der Waals surface area contributed by atoms with E-state index in [1.807, 2.05) is 31.3 Å². The van der Waals surface area contributed by atoms with E-state index in [0.29, 0.717) is 0 Å². The molecule has 0 spiro atoms. The van der Waals surface area contributed by atoms with Crippen molar-refractivity contribution < 1.29 is 0 Å². The second-order valence-electron chi connectivity index (χ2n) is 4.02. The third kappa shape index (κ3) is 3.75. The first kappa shape index (κ1) is 12.9. The van der Waals surface area contributed by atoms with Gasteiger partial charge in [0.1, 0.15) is 5.01 Å². The molecule has 18 heavy (non-hydrogen) atoms. The lowest BCUT2D eigenvalue weighted by atomic mass is 10.3. The maximum absolute atomic E-state index is 4.31. The van der Waals surface area contributed by atoms with Crippen LogP contribution in [-0.2, 0) is 13.1 Å². The molecular formula is C12H17N5S. The van der Waals surface area contributed by atoms with Crippen molar-refractivity contribution >= 4 is 16.5 Å². The van der Waals surface area contributed by atoms with Crippen molar-refractivity contribution in [2.24, 2.45) is 0 Å². The standard InChI is InChI=1S/C12H17N5S/c1-3-13-12-16-15-11(18-12)9-17(2)8-10-6-4-5-7-14-10/h4-7H,3,8-9H2,1-2H3,(H,13,16). The van der Waals surface area contributed by atoms with E-state index in [1.165, 1.54) is 0 Å². The number of rotatable bonds is 6. The van der Waals surface area contributed by atoms with Gasteiger partial charge in [-0.05, 0) is 26.1 Å². The lowest BCUT2D eigenvalue weighted by Gasteiger charge is -2.13. The average Bonchev–Trinajstić information content (AvgIpc) is 2.78. The van der Waals surface area contributed by atoms with Gasteiger partial charge in [0.05, 0.1) is 12.2 Å². The fourth-order valence-corrected chi connectivity index (χ4v) is 2.48. The minimum Gasteiger partial charge on any atom is -0.360 e. The monoisotopic (exact) mass is 263 g/mol. The molecule has 0 aromatic carbocycles. The lowest BCUT2D eigenvalue weighted by Crippen LogP contribution is -2.17. The van der Waals surface area contributed by atoms with Crippen molar-refractivity contribution in [3.63, 3.8) is 0 Å². The largest absolute Gasteiger partial charge is 0.360 e. The maximum atomic E-state index is 4.31. The smallest absolute Gasteiger partial charge is 0.205 e. The highest BCUT2D eigenvalue weighted by molar-refractivity contribution is 7.15. The summed E-state index contributed by atoms with van der Waals surface area (Å²) in [5.74, 6) is 0. The number of anilines is 1. The first-order valence-electron chi connectivity index (χ1n) is 5.92. The van der Waals surface area contributed by atoms with Gasteiger partial charge in [-0.3, -0.25) is 9.88 Å². The Labute approximate surface area is 111 Å². The summed E-state index contributed by atoms with van der Waals surface area (Å²) in [6.45, 7) is 4.53. The Hall–Kier alpha value is -1.53. The molecule has 0 atom stereocenters. The van der Waals surface area contributed by atoms with Crippen LogP contribution in [0.5, 0.6) is 0 Å². The van der Waals surface area contributed by atoms with E-state index in [4.69, 9.17) is 0 Å². The van der Waals surface area contributed by atoms with Gasteiger partial charge in [0.15, 0.2) is 0 Å². The van der Waals surface area contributed by atoms with Crippen LogP contribution in [0, 0.1) is 0 Å². The van der Waals surface area contributed by atoms with Gasteiger partial charge in [-0.2, -0.15) is 0 Å². The summed E-state index contributed by atoms with van der Waals surface area (Å²) in [6.07, 6.45) is 1.82. The number of hydrogen-bond acceptors (Lipinski definition) is 6. The van der Waals surface area contributed by atoms with Crippen LogP contribution in [0.2, 0.25) is 0 Å². The normalized spacial score (nSPS) is 10.8. The second-order valence-corrected chi connectivity index (χ2v) is 5.09. The molecule has 0 saturated heterocycles. The fraction of sp³-hybridized carbons (Fsp3) is 0.417. The summed E-state index contributed by atoms with van der Waals surface area (Å²) in [6, 6.07) is 5.96. The molecule has 2 rings (SSSR count). The third-order valence-corrected chi connectivity index (χ3v) is 3.22. The van der Waals surface area contributed by atoms with E-state index in [0.717, 1.165) is 35.5 Å². The quantitative estimate of drug-likeness (QED) is 0.864. The molecule has 2 aromatic heterocycles. The topological polar surface area (TPSA) is 53.9 Å².